The van der Waals surface area contributed by atoms with E-state index in [1.165, 1.54) is 7.11 Å². The molecule has 3 rings (SSSR count). The van der Waals surface area contributed by atoms with Crippen molar-refractivity contribution in [1.82, 2.24) is 9.80 Å². The predicted molar refractivity (Wildman–Crippen MR) is 126 cm³/mol. The van der Waals surface area contributed by atoms with E-state index in [1.54, 1.807) is 12.1 Å². The van der Waals surface area contributed by atoms with Crippen LogP contribution in [-0.4, -0.2) is 81.0 Å². The Morgan fingerprint density at radius 2 is 1.94 bits per heavy atom. The number of benzene rings is 1. The Balaban J connectivity index is 1.50. The molecule has 184 valence electrons. The Bertz CT molecular complexity index is 823. The van der Waals surface area contributed by atoms with Gasteiger partial charge in [0.05, 0.1) is 32.0 Å². The van der Waals surface area contributed by atoms with Crippen LogP contribution in [0.15, 0.2) is 12.1 Å². The van der Waals surface area contributed by atoms with Crippen molar-refractivity contribution >= 4 is 17.7 Å². The van der Waals surface area contributed by atoms with Gasteiger partial charge in [0.25, 0.3) is 5.91 Å². The molecule has 33 heavy (non-hydrogen) atoms. The molecule has 0 aromatic heterocycles. The fourth-order valence-electron chi connectivity index (χ4n) is 4.49. The van der Waals surface area contributed by atoms with Crippen molar-refractivity contribution in [3.8, 4) is 5.75 Å². The van der Waals surface area contributed by atoms with Crippen molar-refractivity contribution < 1.29 is 23.8 Å². The molecule has 0 aliphatic carbocycles. The van der Waals surface area contributed by atoms with Crippen molar-refractivity contribution in [2.24, 2.45) is 17.6 Å². The van der Waals surface area contributed by atoms with Gasteiger partial charge in [0.1, 0.15) is 5.75 Å². The number of ether oxygens (including phenoxy) is 3. The highest BCUT2D eigenvalue weighted by Crippen LogP contribution is 2.27. The largest absolute Gasteiger partial charge is 0.496 e. The first-order valence-electron chi connectivity index (χ1n) is 11.8. The van der Waals surface area contributed by atoms with E-state index in [0.29, 0.717) is 48.5 Å². The zero-order valence-corrected chi connectivity index (χ0v) is 20.0. The number of nitrogens with two attached hydrogens (primary N) is 2. The molecule has 1 atom stereocenters. The molecular weight excluding hydrogens is 424 g/mol. The first kappa shape index (κ1) is 25.1. The second-order valence-electron chi connectivity index (χ2n) is 9.47. The van der Waals surface area contributed by atoms with Crippen LogP contribution in [0.1, 0.15) is 42.6 Å². The van der Waals surface area contributed by atoms with Gasteiger partial charge in [-0.3, -0.25) is 9.69 Å². The number of nitrogens with zero attached hydrogens (tertiary/aromatic N) is 2. The number of carbonyl (C=O) groups is 2. The van der Waals surface area contributed by atoms with Crippen LogP contribution < -0.4 is 16.2 Å². The maximum Gasteiger partial charge on any atom is 0.409 e. The smallest absolute Gasteiger partial charge is 0.409 e. The Hall–Kier alpha value is -2.52. The fraction of sp³-hybridized carbons (Fsp3) is 0.667. The highest BCUT2D eigenvalue weighted by Gasteiger charge is 2.28. The number of amides is 2. The average molecular weight is 463 g/mol. The second-order valence-corrected chi connectivity index (χ2v) is 9.47. The van der Waals surface area contributed by atoms with E-state index >= 15 is 0 Å². The van der Waals surface area contributed by atoms with Crippen LogP contribution in [0.2, 0.25) is 0 Å². The molecule has 2 aliphatic heterocycles. The molecule has 2 fully saturated rings. The number of methoxy groups -OCH3 is 1. The maximum atomic E-state index is 12.2. The maximum absolute atomic E-state index is 12.2. The average Bonchev–Trinajstić information content (AvgIpc) is 2.79. The van der Waals surface area contributed by atoms with Crippen LogP contribution in [0, 0.1) is 11.8 Å². The van der Waals surface area contributed by atoms with Crippen LogP contribution in [0.3, 0.4) is 0 Å². The van der Waals surface area contributed by atoms with Crippen LogP contribution in [0.4, 0.5) is 10.5 Å². The first-order chi connectivity index (χ1) is 15.8. The summed E-state index contributed by atoms with van der Waals surface area (Å²) in [4.78, 5) is 28.2. The van der Waals surface area contributed by atoms with Crippen molar-refractivity contribution in [2.45, 2.75) is 39.2 Å². The second kappa shape index (κ2) is 11.6. The van der Waals surface area contributed by atoms with Gasteiger partial charge in [0, 0.05) is 50.9 Å². The first-order valence-corrected chi connectivity index (χ1v) is 11.8. The third kappa shape index (κ3) is 6.98. The monoisotopic (exact) mass is 462 g/mol. The Morgan fingerprint density at radius 3 is 2.58 bits per heavy atom. The lowest BCUT2D eigenvalue weighted by atomic mass is 9.95. The molecule has 0 radical (unpaired) electrons. The van der Waals surface area contributed by atoms with Crippen molar-refractivity contribution in [1.29, 1.82) is 0 Å². The van der Waals surface area contributed by atoms with E-state index in [1.807, 2.05) is 18.7 Å². The number of nitrogen functional groups attached to an aromatic ring is 1. The molecule has 2 aliphatic rings. The van der Waals surface area contributed by atoms with E-state index in [0.717, 1.165) is 51.1 Å². The number of hydrogen-bond donors (Lipinski definition) is 2. The Morgan fingerprint density at radius 1 is 1.21 bits per heavy atom. The third-order valence-electron chi connectivity index (χ3n) is 6.33. The minimum Gasteiger partial charge on any atom is -0.496 e. The molecule has 9 nitrogen and oxygen atoms in total. The van der Waals surface area contributed by atoms with Crippen molar-refractivity contribution in [3.63, 3.8) is 0 Å². The van der Waals surface area contributed by atoms with Gasteiger partial charge in [-0.15, -0.1) is 0 Å². The summed E-state index contributed by atoms with van der Waals surface area (Å²) in [6, 6.07) is 3.36. The SMILES string of the molecule is COc1cc(N)c(CC2CN(CC3CCN(C(=O)OCC(C)C)CC3)CCO2)cc1C(N)=O. The summed E-state index contributed by atoms with van der Waals surface area (Å²) in [6.07, 6.45) is 2.35. The predicted octanol–water partition coefficient (Wildman–Crippen LogP) is 2.12. The lowest BCUT2D eigenvalue weighted by molar-refractivity contribution is -0.0346. The Kier molecular flexibility index (Phi) is 8.80. The van der Waals surface area contributed by atoms with Gasteiger partial charge in [-0.05, 0) is 36.3 Å². The normalized spacial score (nSPS) is 20.1. The number of piperidine rings is 1. The van der Waals surface area contributed by atoms with Gasteiger partial charge in [-0.1, -0.05) is 13.8 Å². The zero-order chi connectivity index (χ0) is 24.0. The molecule has 2 amide bonds. The van der Waals surface area contributed by atoms with Gasteiger partial charge >= 0.3 is 6.09 Å². The van der Waals surface area contributed by atoms with E-state index in [9.17, 15) is 9.59 Å². The molecule has 2 heterocycles. The quantitative estimate of drug-likeness (QED) is 0.568. The molecule has 1 aromatic rings. The summed E-state index contributed by atoms with van der Waals surface area (Å²) in [5.74, 6) is 0.731. The van der Waals surface area contributed by atoms with Gasteiger partial charge in [0.2, 0.25) is 0 Å². The van der Waals surface area contributed by atoms with Gasteiger partial charge in [0.15, 0.2) is 0 Å². The molecule has 4 N–H and O–H groups in total. The number of anilines is 1. The van der Waals surface area contributed by atoms with Crippen LogP contribution in [0.25, 0.3) is 0 Å². The number of carbonyl (C=O) groups excluding carboxylic acids is 2. The minimum atomic E-state index is -0.543. The molecule has 0 saturated carbocycles. The molecule has 1 aromatic carbocycles. The Labute approximate surface area is 196 Å². The highest BCUT2D eigenvalue weighted by molar-refractivity contribution is 5.96. The zero-order valence-electron chi connectivity index (χ0n) is 20.0. The highest BCUT2D eigenvalue weighted by atomic mass is 16.6. The van der Waals surface area contributed by atoms with Crippen LogP contribution >= 0.6 is 0 Å². The van der Waals surface area contributed by atoms with Gasteiger partial charge in [-0.25, -0.2) is 4.79 Å². The standard InChI is InChI=1S/C24H38N4O5/c1-16(2)15-33-24(30)28-6-4-17(5-7-28)13-27-8-9-32-19(14-27)10-18-11-20(23(26)29)22(31-3)12-21(18)25/h11-12,16-17,19H,4-10,13-15,25H2,1-3H3,(H2,26,29). The van der Waals surface area contributed by atoms with Crippen molar-refractivity contribution in [2.75, 3.05) is 58.8 Å². The van der Waals surface area contributed by atoms with Crippen molar-refractivity contribution in [3.05, 3.63) is 23.3 Å². The molecule has 9 heteroatoms. The minimum absolute atomic E-state index is 0.0127. The van der Waals surface area contributed by atoms with E-state index in [-0.39, 0.29) is 12.2 Å². The summed E-state index contributed by atoms with van der Waals surface area (Å²) in [7, 11) is 1.49. The molecule has 2 saturated heterocycles. The molecular formula is C24H38N4O5. The van der Waals surface area contributed by atoms with Crippen LogP contribution in [-0.2, 0) is 15.9 Å². The molecule has 1 unspecified atom stereocenters. The van der Waals surface area contributed by atoms with Gasteiger partial charge in [-0.2, -0.15) is 0 Å². The lowest BCUT2D eigenvalue weighted by Gasteiger charge is -2.38. The number of rotatable bonds is 8. The van der Waals surface area contributed by atoms with E-state index in [4.69, 9.17) is 25.7 Å². The number of likely N-dealkylation sites (tertiary alicyclic amines) is 1. The number of hydrogen-bond acceptors (Lipinski definition) is 7. The fourth-order valence-corrected chi connectivity index (χ4v) is 4.49. The number of morpholine rings is 1. The number of primary amides is 1. The summed E-state index contributed by atoms with van der Waals surface area (Å²) in [6.45, 7) is 9.35. The third-order valence-corrected chi connectivity index (χ3v) is 6.33. The van der Waals surface area contributed by atoms with E-state index in [2.05, 4.69) is 4.90 Å². The summed E-state index contributed by atoms with van der Waals surface area (Å²) in [5.41, 5.74) is 13.4. The van der Waals surface area contributed by atoms with Crippen LogP contribution in [0.5, 0.6) is 5.75 Å². The molecule has 0 bridgehead atoms. The summed E-state index contributed by atoms with van der Waals surface area (Å²) >= 11 is 0. The summed E-state index contributed by atoms with van der Waals surface area (Å²) in [5, 5.41) is 0. The van der Waals surface area contributed by atoms with Gasteiger partial charge < -0.3 is 30.6 Å². The molecule has 0 spiro atoms. The van der Waals surface area contributed by atoms with E-state index < -0.39 is 5.91 Å². The topological polar surface area (TPSA) is 120 Å². The lowest BCUT2D eigenvalue weighted by Crippen LogP contribution is -2.47. The summed E-state index contributed by atoms with van der Waals surface area (Å²) < 4.78 is 16.6.